The molecule has 8 heteroatoms. The van der Waals surface area contributed by atoms with Gasteiger partial charge >= 0.3 is 0 Å². The molecule has 1 aliphatic heterocycles. The molecule has 7 nitrogen and oxygen atoms in total. The van der Waals surface area contributed by atoms with E-state index in [0.29, 0.717) is 11.1 Å². The molecule has 0 radical (unpaired) electrons. The van der Waals surface area contributed by atoms with Gasteiger partial charge in [0.2, 0.25) is 0 Å². The first-order chi connectivity index (χ1) is 8.79. The molecule has 0 saturated heterocycles. The maximum Gasteiger partial charge on any atom is 0.267 e. The number of aromatic nitrogens is 1. The van der Waals surface area contributed by atoms with Gasteiger partial charge in [0.25, 0.3) is 11.8 Å². The molecule has 2 heterocycles. The number of carbonyl (C=O) groups excluding carboxylic acids is 2. The fraction of sp³-hybridized carbons (Fsp3) is 0.364. The second-order valence-electron chi connectivity index (χ2n) is 4.41. The molecule has 102 valence electrons. The van der Waals surface area contributed by atoms with Gasteiger partial charge in [0, 0.05) is 36.7 Å². The van der Waals surface area contributed by atoms with Gasteiger partial charge in [-0.05, 0) is 6.07 Å². The molecular weight excluding hydrogens is 270 g/mol. The second kappa shape index (κ2) is 4.61. The van der Waals surface area contributed by atoms with Crippen molar-refractivity contribution < 1.29 is 18.0 Å². The lowest BCUT2D eigenvalue weighted by molar-refractivity contribution is 0.0787. The van der Waals surface area contributed by atoms with Crippen LogP contribution in [0.5, 0.6) is 0 Å². The molecule has 2 N–H and O–H groups in total. The van der Waals surface area contributed by atoms with E-state index in [2.05, 4.69) is 4.98 Å². The topological polar surface area (TPSA) is 110 Å². The van der Waals surface area contributed by atoms with Crippen LogP contribution >= 0.6 is 0 Å². The van der Waals surface area contributed by atoms with E-state index in [4.69, 9.17) is 5.73 Å². The van der Waals surface area contributed by atoms with Gasteiger partial charge in [-0.25, -0.2) is 8.42 Å². The predicted octanol–water partition coefficient (Wildman–Crippen LogP) is -0.819. The molecular formula is C11H13N3O4S. The number of nitrogens with two attached hydrogens (primary N) is 1. The summed E-state index contributed by atoms with van der Waals surface area (Å²) >= 11 is 0. The van der Waals surface area contributed by atoms with Gasteiger partial charge in [-0.1, -0.05) is 0 Å². The molecule has 1 aromatic rings. The molecule has 0 aliphatic carbocycles. The maximum absolute atomic E-state index is 12.0. The number of pyridine rings is 1. The van der Waals surface area contributed by atoms with E-state index in [1.54, 1.807) is 0 Å². The highest BCUT2D eigenvalue weighted by Crippen LogP contribution is 2.24. The average Bonchev–Trinajstić information content (AvgIpc) is 2.63. The predicted molar refractivity (Wildman–Crippen MR) is 67.2 cm³/mol. The van der Waals surface area contributed by atoms with Crippen LogP contribution < -0.4 is 5.73 Å². The second-order valence-corrected chi connectivity index (χ2v) is 6.67. The number of amides is 2. The normalized spacial score (nSPS) is 14.6. The number of rotatable bonds is 4. The van der Waals surface area contributed by atoms with Gasteiger partial charge in [0.15, 0.2) is 0 Å². The zero-order chi connectivity index (χ0) is 14.2. The van der Waals surface area contributed by atoms with Gasteiger partial charge in [0.05, 0.1) is 5.75 Å². The Morgan fingerprint density at radius 2 is 2.21 bits per heavy atom. The molecule has 2 amide bonds. The smallest absolute Gasteiger partial charge is 0.267 e. The zero-order valence-corrected chi connectivity index (χ0v) is 11.1. The maximum atomic E-state index is 12.0. The van der Waals surface area contributed by atoms with Gasteiger partial charge < -0.3 is 10.6 Å². The van der Waals surface area contributed by atoms with Crippen molar-refractivity contribution in [2.24, 2.45) is 5.73 Å². The van der Waals surface area contributed by atoms with Crippen molar-refractivity contribution >= 4 is 21.7 Å². The van der Waals surface area contributed by atoms with E-state index in [1.165, 1.54) is 17.2 Å². The van der Waals surface area contributed by atoms with Crippen LogP contribution in [0, 0.1) is 0 Å². The number of carbonyl (C=O) groups is 2. The summed E-state index contributed by atoms with van der Waals surface area (Å²) < 4.78 is 22.2. The van der Waals surface area contributed by atoms with Gasteiger partial charge in [-0.15, -0.1) is 0 Å². The van der Waals surface area contributed by atoms with Crippen molar-refractivity contribution in [1.82, 2.24) is 9.88 Å². The highest BCUT2D eigenvalue weighted by Gasteiger charge is 2.31. The fourth-order valence-electron chi connectivity index (χ4n) is 1.95. The summed E-state index contributed by atoms with van der Waals surface area (Å²) in [6.07, 6.45) is 2.45. The number of fused-ring (bicyclic) bond motifs is 1. The standard InChI is InChI=1S/C11H13N3O4S/c1-19(17,18)5-4-14-6-8-7(11(14)16)2-3-13-9(8)10(12)15/h2-3H,4-6H2,1H3,(H2,12,15). The Morgan fingerprint density at radius 1 is 1.53 bits per heavy atom. The summed E-state index contributed by atoms with van der Waals surface area (Å²) in [4.78, 5) is 28.5. The van der Waals surface area contributed by atoms with Gasteiger partial charge in [-0.2, -0.15) is 0 Å². The van der Waals surface area contributed by atoms with Crippen LogP contribution in [0.15, 0.2) is 12.3 Å². The zero-order valence-electron chi connectivity index (χ0n) is 10.3. The lowest BCUT2D eigenvalue weighted by atomic mass is 10.1. The number of sulfone groups is 1. The number of hydrogen-bond acceptors (Lipinski definition) is 5. The Kier molecular flexibility index (Phi) is 3.27. The Bertz CT molecular complexity index is 654. The third-order valence-electron chi connectivity index (χ3n) is 2.89. The largest absolute Gasteiger partial charge is 0.364 e. The SMILES string of the molecule is CS(=O)(=O)CCN1Cc2c(ccnc2C(N)=O)C1=O. The molecule has 1 aromatic heterocycles. The highest BCUT2D eigenvalue weighted by atomic mass is 32.2. The Labute approximate surface area is 110 Å². The lowest BCUT2D eigenvalue weighted by Gasteiger charge is -2.14. The third kappa shape index (κ3) is 2.73. The summed E-state index contributed by atoms with van der Waals surface area (Å²) in [5.41, 5.74) is 6.08. The first-order valence-electron chi connectivity index (χ1n) is 5.54. The minimum Gasteiger partial charge on any atom is -0.364 e. The first-order valence-corrected chi connectivity index (χ1v) is 7.60. The Hall–Kier alpha value is -1.96. The molecule has 0 atom stereocenters. The van der Waals surface area contributed by atoms with Crippen molar-refractivity contribution in [1.29, 1.82) is 0 Å². The monoisotopic (exact) mass is 283 g/mol. The molecule has 0 bridgehead atoms. The summed E-state index contributed by atoms with van der Waals surface area (Å²) in [5.74, 6) is -1.12. The van der Waals surface area contributed by atoms with E-state index >= 15 is 0 Å². The quantitative estimate of drug-likeness (QED) is 0.776. The molecule has 0 saturated carbocycles. The van der Waals surface area contributed by atoms with Gasteiger partial charge in [0.1, 0.15) is 15.5 Å². The van der Waals surface area contributed by atoms with Crippen molar-refractivity contribution in [3.8, 4) is 0 Å². The molecule has 0 unspecified atom stereocenters. The van der Waals surface area contributed by atoms with Crippen LogP contribution in [0.1, 0.15) is 26.4 Å². The Balaban J connectivity index is 2.26. The number of primary amides is 1. The van der Waals surface area contributed by atoms with Crippen molar-refractivity contribution in [2.75, 3.05) is 18.6 Å². The van der Waals surface area contributed by atoms with E-state index in [-0.39, 0.29) is 30.4 Å². The van der Waals surface area contributed by atoms with Crippen LogP contribution in [0.4, 0.5) is 0 Å². The van der Waals surface area contributed by atoms with Crippen LogP contribution in [-0.4, -0.2) is 48.7 Å². The Morgan fingerprint density at radius 3 is 2.79 bits per heavy atom. The fourth-order valence-corrected chi connectivity index (χ4v) is 2.51. The van der Waals surface area contributed by atoms with Crippen molar-refractivity contribution in [3.63, 3.8) is 0 Å². The number of hydrogen-bond donors (Lipinski definition) is 1. The minimum atomic E-state index is -3.15. The average molecular weight is 283 g/mol. The molecule has 19 heavy (non-hydrogen) atoms. The van der Waals surface area contributed by atoms with Crippen LogP contribution in [0.3, 0.4) is 0 Å². The van der Waals surface area contributed by atoms with Crippen LogP contribution in [0.2, 0.25) is 0 Å². The molecule has 0 fully saturated rings. The molecule has 0 aromatic carbocycles. The van der Waals surface area contributed by atoms with E-state index in [1.807, 2.05) is 0 Å². The molecule has 1 aliphatic rings. The summed E-state index contributed by atoms with van der Waals surface area (Å²) in [5, 5.41) is 0. The highest BCUT2D eigenvalue weighted by molar-refractivity contribution is 7.90. The van der Waals surface area contributed by atoms with E-state index in [9.17, 15) is 18.0 Å². The molecule has 0 spiro atoms. The van der Waals surface area contributed by atoms with E-state index in [0.717, 1.165) is 6.26 Å². The summed E-state index contributed by atoms with van der Waals surface area (Å²) in [6.45, 7) is 0.250. The summed E-state index contributed by atoms with van der Waals surface area (Å²) in [6, 6.07) is 1.50. The van der Waals surface area contributed by atoms with Gasteiger partial charge in [-0.3, -0.25) is 14.6 Å². The lowest BCUT2D eigenvalue weighted by Crippen LogP contribution is -2.29. The first kappa shape index (κ1) is 13.5. The molecule has 2 rings (SSSR count). The van der Waals surface area contributed by atoms with Crippen molar-refractivity contribution in [3.05, 3.63) is 29.1 Å². The number of nitrogens with zero attached hydrogens (tertiary/aromatic N) is 2. The minimum absolute atomic E-state index is 0.0627. The van der Waals surface area contributed by atoms with Crippen LogP contribution in [0.25, 0.3) is 0 Å². The van der Waals surface area contributed by atoms with Crippen molar-refractivity contribution in [2.45, 2.75) is 6.54 Å². The summed E-state index contributed by atoms with van der Waals surface area (Å²) in [7, 11) is -3.15. The van der Waals surface area contributed by atoms with E-state index < -0.39 is 15.7 Å². The van der Waals surface area contributed by atoms with Crippen LogP contribution in [-0.2, 0) is 16.4 Å². The third-order valence-corrected chi connectivity index (χ3v) is 3.81.